The molecule has 0 aliphatic carbocycles. The van der Waals surface area contributed by atoms with Crippen LogP contribution in [0.15, 0.2) is 12.1 Å². The maximum atomic E-state index is 12.0. The molecule has 0 radical (unpaired) electrons. The summed E-state index contributed by atoms with van der Waals surface area (Å²) in [4.78, 5) is 12.0. The van der Waals surface area contributed by atoms with Gasteiger partial charge in [-0.1, -0.05) is 13.0 Å². The molecule has 0 aromatic heterocycles. The second kappa shape index (κ2) is 4.41. The van der Waals surface area contributed by atoms with Crippen molar-refractivity contribution >= 4 is 17.2 Å². The monoisotopic (exact) mass is 259 g/mol. The minimum atomic E-state index is -0.688. The van der Waals surface area contributed by atoms with Crippen LogP contribution in [0.2, 0.25) is 0 Å². The van der Waals surface area contributed by atoms with Crippen molar-refractivity contribution in [3.63, 3.8) is 0 Å². The Bertz CT molecular complexity index is 583. The molecule has 1 aliphatic heterocycles. The van der Waals surface area contributed by atoms with Crippen molar-refractivity contribution in [1.82, 2.24) is 0 Å². The fourth-order valence-electron chi connectivity index (χ4n) is 2.68. The fourth-order valence-corrected chi connectivity index (χ4v) is 2.68. The topological polar surface area (TPSA) is 49.3 Å². The molecule has 2 N–H and O–H groups in total. The third-order valence-corrected chi connectivity index (χ3v) is 3.86. The lowest BCUT2D eigenvalue weighted by atomic mass is 9.82. The third-order valence-electron chi connectivity index (χ3n) is 3.86. The Labute approximate surface area is 114 Å². The molecule has 2 rings (SSSR count). The number of fused-ring (bicyclic) bond motifs is 1. The lowest BCUT2D eigenvalue weighted by Gasteiger charge is -2.19. The van der Waals surface area contributed by atoms with Crippen molar-refractivity contribution in [2.75, 3.05) is 5.32 Å². The van der Waals surface area contributed by atoms with Gasteiger partial charge in [-0.3, -0.25) is 4.79 Å². The number of carbonyl (C=O) groups excluding carboxylic acids is 1. The van der Waals surface area contributed by atoms with Crippen LogP contribution in [0.1, 0.15) is 50.8 Å². The molecule has 0 saturated carbocycles. The summed E-state index contributed by atoms with van der Waals surface area (Å²) in [5.41, 5.74) is 3.65. The summed E-state index contributed by atoms with van der Waals surface area (Å²) in [5.74, 6) is 0.168. The van der Waals surface area contributed by atoms with Crippen LogP contribution in [-0.2, 0) is 10.2 Å². The number of nitrogens with one attached hydrogen (secondary N) is 1. The number of anilines is 1. The highest BCUT2D eigenvalue weighted by Gasteiger charge is 2.42. The van der Waals surface area contributed by atoms with Gasteiger partial charge in [-0.05, 0) is 51.3 Å². The highest BCUT2D eigenvalue weighted by atomic mass is 16.3. The summed E-state index contributed by atoms with van der Waals surface area (Å²) in [7, 11) is 0. The number of benzene rings is 1. The van der Waals surface area contributed by atoms with Crippen LogP contribution < -0.4 is 5.32 Å². The van der Waals surface area contributed by atoms with Crippen LogP contribution in [0, 0.1) is 6.92 Å². The van der Waals surface area contributed by atoms with E-state index in [4.69, 9.17) is 0 Å². The molecule has 1 aromatic carbocycles. The van der Waals surface area contributed by atoms with Gasteiger partial charge in [0.25, 0.3) is 0 Å². The van der Waals surface area contributed by atoms with E-state index in [1.54, 1.807) is 0 Å². The van der Waals surface area contributed by atoms with E-state index < -0.39 is 5.41 Å². The van der Waals surface area contributed by atoms with Gasteiger partial charge in [0.15, 0.2) is 0 Å². The molecule has 1 amide bonds. The number of aromatic hydroxyl groups is 1. The Morgan fingerprint density at radius 2 is 2.11 bits per heavy atom. The Kier molecular flexibility index (Phi) is 3.17. The molecule has 0 saturated heterocycles. The highest BCUT2D eigenvalue weighted by Crippen LogP contribution is 2.47. The SMILES string of the molecule is CCC=C(C)c1cc(C)c2c(c1O)C(C)(C)C(=O)N2. The standard InChI is InChI=1S/C16H21NO2/c1-6-7-9(2)11-8-10(3)13-12(14(11)18)16(4,5)15(19)17-13/h7-8,18H,6H2,1-5H3,(H,17,19). The number of amides is 1. The molecule has 0 unspecified atom stereocenters. The molecule has 0 spiro atoms. The number of rotatable bonds is 2. The van der Waals surface area contributed by atoms with Gasteiger partial charge in [0.2, 0.25) is 5.91 Å². The van der Waals surface area contributed by atoms with E-state index in [0.717, 1.165) is 34.4 Å². The summed E-state index contributed by atoms with van der Waals surface area (Å²) >= 11 is 0. The van der Waals surface area contributed by atoms with Crippen LogP contribution in [0.4, 0.5) is 5.69 Å². The van der Waals surface area contributed by atoms with Gasteiger partial charge in [0.1, 0.15) is 5.75 Å². The smallest absolute Gasteiger partial charge is 0.234 e. The van der Waals surface area contributed by atoms with Gasteiger partial charge in [-0.25, -0.2) is 0 Å². The van der Waals surface area contributed by atoms with Crippen LogP contribution in [-0.4, -0.2) is 11.0 Å². The van der Waals surface area contributed by atoms with E-state index >= 15 is 0 Å². The molecule has 3 heteroatoms. The van der Waals surface area contributed by atoms with E-state index in [1.165, 1.54) is 0 Å². The summed E-state index contributed by atoms with van der Waals surface area (Å²) in [5, 5.41) is 13.4. The molecule has 1 aliphatic rings. The lowest BCUT2D eigenvalue weighted by Crippen LogP contribution is -2.27. The quantitative estimate of drug-likeness (QED) is 0.850. The zero-order chi connectivity index (χ0) is 14.4. The number of allylic oxidation sites excluding steroid dienone is 2. The first-order valence-corrected chi connectivity index (χ1v) is 6.66. The number of phenolic OH excluding ortho intramolecular Hbond substituents is 1. The molecule has 0 bridgehead atoms. The van der Waals surface area contributed by atoms with E-state index in [2.05, 4.69) is 18.3 Å². The van der Waals surface area contributed by atoms with Crippen LogP contribution >= 0.6 is 0 Å². The van der Waals surface area contributed by atoms with Crippen molar-refractivity contribution < 1.29 is 9.90 Å². The Balaban J connectivity index is 2.73. The van der Waals surface area contributed by atoms with Gasteiger partial charge in [0, 0.05) is 11.1 Å². The largest absolute Gasteiger partial charge is 0.507 e. The predicted octanol–water partition coefficient (Wildman–Crippen LogP) is 3.74. The van der Waals surface area contributed by atoms with Gasteiger partial charge >= 0.3 is 0 Å². The van der Waals surface area contributed by atoms with Gasteiger partial charge in [-0.2, -0.15) is 0 Å². The zero-order valence-electron chi connectivity index (χ0n) is 12.2. The number of hydrogen-bond acceptors (Lipinski definition) is 2. The molecule has 19 heavy (non-hydrogen) atoms. The van der Waals surface area contributed by atoms with E-state index in [1.807, 2.05) is 33.8 Å². The second-order valence-corrected chi connectivity index (χ2v) is 5.71. The zero-order valence-corrected chi connectivity index (χ0v) is 12.2. The average Bonchev–Trinajstić information content (AvgIpc) is 2.56. The highest BCUT2D eigenvalue weighted by molar-refractivity contribution is 6.08. The van der Waals surface area contributed by atoms with E-state index in [0.29, 0.717) is 0 Å². The predicted molar refractivity (Wildman–Crippen MR) is 78.4 cm³/mol. The molecule has 0 atom stereocenters. The summed E-state index contributed by atoms with van der Waals surface area (Å²) in [6, 6.07) is 1.94. The second-order valence-electron chi connectivity index (χ2n) is 5.71. The minimum absolute atomic E-state index is 0.0600. The number of hydrogen-bond donors (Lipinski definition) is 2. The summed E-state index contributed by atoms with van der Waals surface area (Å²) < 4.78 is 0. The van der Waals surface area contributed by atoms with Crippen LogP contribution in [0.5, 0.6) is 5.75 Å². The molecule has 3 nitrogen and oxygen atoms in total. The number of phenols is 1. The van der Waals surface area contributed by atoms with Crippen molar-refractivity contribution in [2.24, 2.45) is 0 Å². The van der Waals surface area contributed by atoms with Gasteiger partial charge in [0.05, 0.1) is 11.1 Å². The first-order chi connectivity index (χ1) is 8.80. The number of carbonyl (C=O) groups is 1. The maximum Gasteiger partial charge on any atom is 0.234 e. The van der Waals surface area contributed by atoms with E-state index in [9.17, 15) is 9.90 Å². The molecule has 102 valence electrons. The maximum absolute atomic E-state index is 12.0. The first-order valence-electron chi connectivity index (χ1n) is 6.66. The first kappa shape index (κ1) is 13.7. The summed E-state index contributed by atoms with van der Waals surface area (Å²) in [6.07, 6.45) is 3.00. The van der Waals surface area contributed by atoms with Gasteiger partial charge < -0.3 is 10.4 Å². The molecule has 0 fully saturated rings. The molecule has 1 heterocycles. The van der Waals surface area contributed by atoms with Crippen molar-refractivity contribution in [3.05, 3.63) is 28.8 Å². The van der Waals surface area contributed by atoms with Crippen LogP contribution in [0.3, 0.4) is 0 Å². The van der Waals surface area contributed by atoms with Crippen molar-refractivity contribution in [3.8, 4) is 5.75 Å². The Hall–Kier alpha value is -1.77. The average molecular weight is 259 g/mol. The number of aryl methyl sites for hydroxylation is 1. The van der Waals surface area contributed by atoms with Crippen molar-refractivity contribution in [1.29, 1.82) is 0 Å². The normalized spacial score (nSPS) is 17.3. The van der Waals surface area contributed by atoms with Gasteiger partial charge in [-0.15, -0.1) is 0 Å². The molecular weight excluding hydrogens is 238 g/mol. The molecule has 1 aromatic rings. The van der Waals surface area contributed by atoms with E-state index in [-0.39, 0.29) is 11.7 Å². The Morgan fingerprint density at radius 3 is 2.68 bits per heavy atom. The Morgan fingerprint density at radius 1 is 1.47 bits per heavy atom. The lowest BCUT2D eigenvalue weighted by molar-refractivity contribution is -0.119. The third kappa shape index (κ3) is 1.93. The molecular formula is C16H21NO2. The van der Waals surface area contributed by atoms with Crippen molar-refractivity contribution in [2.45, 2.75) is 46.5 Å². The van der Waals surface area contributed by atoms with Crippen LogP contribution in [0.25, 0.3) is 5.57 Å². The minimum Gasteiger partial charge on any atom is -0.507 e. The fraction of sp³-hybridized carbons (Fsp3) is 0.438. The summed E-state index contributed by atoms with van der Waals surface area (Å²) in [6.45, 7) is 9.70.